The molecule has 0 atom stereocenters. The zero-order chi connectivity index (χ0) is 20.8. The zero-order valence-corrected chi connectivity index (χ0v) is 15.4. The van der Waals surface area contributed by atoms with Crippen LogP contribution in [-0.4, -0.2) is 22.1 Å². The van der Waals surface area contributed by atoms with E-state index in [0.29, 0.717) is 16.9 Å². The van der Waals surface area contributed by atoms with E-state index in [2.05, 4.69) is 15.7 Å². The van der Waals surface area contributed by atoms with E-state index in [9.17, 15) is 19.8 Å². The number of nitrogens with one attached hydrogen (secondary N) is 1. The summed E-state index contributed by atoms with van der Waals surface area (Å²) >= 11 is 0. The summed E-state index contributed by atoms with van der Waals surface area (Å²) in [6.07, 6.45) is 0. The molecular formula is C21H17N3O5. The Hall–Kier alpha value is -4.20. The van der Waals surface area contributed by atoms with Gasteiger partial charge < -0.3 is 15.1 Å². The molecule has 0 aliphatic rings. The molecule has 0 fully saturated rings. The van der Waals surface area contributed by atoms with Crippen molar-refractivity contribution in [2.45, 2.75) is 6.92 Å². The smallest absolute Gasteiger partial charge is 0.362 e. The molecule has 0 saturated heterocycles. The van der Waals surface area contributed by atoms with Crippen molar-refractivity contribution in [1.29, 1.82) is 0 Å². The molecule has 8 heteroatoms. The Morgan fingerprint density at radius 1 is 0.862 bits per heavy atom. The maximum Gasteiger partial charge on any atom is 0.362 e. The van der Waals surface area contributed by atoms with E-state index in [4.69, 9.17) is 4.84 Å². The molecule has 0 aliphatic carbocycles. The van der Waals surface area contributed by atoms with Crippen LogP contribution in [0.15, 0.2) is 77.0 Å². The van der Waals surface area contributed by atoms with Crippen molar-refractivity contribution in [2.75, 3.05) is 5.48 Å². The highest BCUT2D eigenvalue weighted by Gasteiger charge is 2.09. The predicted molar refractivity (Wildman–Crippen MR) is 105 cm³/mol. The van der Waals surface area contributed by atoms with Crippen LogP contribution in [0.1, 0.15) is 26.3 Å². The first-order valence-electron chi connectivity index (χ1n) is 8.54. The van der Waals surface area contributed by atoms with Gasteiger partial charge in [0.15, 0.2) is 0 Å². The van der Waals surface area contributed by atoms with E-state index in [1.807, 2.05) is 19.1 Å². The summed E-state index contributed by atoms with van der Waals surface area (Å²) in [4.78, 5) is 29.0. The first kappa shape index (κ1) is 19.6. The fourth-order valence-electron chi connectivity index (χ4n) is 2.33. The van der Waals surface area contributed by atoms with Crippen molar-refractivity contribution >= 4 is 23.3 Å². The highest BCUT2D eigenvalue weighted by atomic mass is 16.7. The number of carbonyl (C=O) groups is 2. The van der Waals surface area contributed by atoms with E-state index < -0.39 is 11.9 Å². The average molecular weight is 391 g/mol. The Kier molecular flexibility index (Phi) is 5.84. The molecule has 0 saturated carbocycles. The minimum atomic E-state index is -0.717. The van der Waals surface area contributed by atoms with Crippen molar-refractivity contribution in [2.24, 2.45) is 10.2 Å². The molecule has 0 unspecified atom stereocenters. The fraction of sp³-hybridized carbons (Fsp3) is 0.0476. The number of phenolic OH excluding ortho intramolecular Hbond substituents is 2. The second-order valence-corrected chi connectivity index (χ2v) is 6.15. The van der Waals surface area contributed by atoms with Gasteiger partial charge >= 0.3 is 5.97 Å². The first-order chi connectivity index (χ1) is 13.9. The van der Waals surface area contributed by atoms with Crippen LogP contribution < -0.4 is 5.48 Å². The van der Waals surface area contributed by atoms with Crippen LogP contribution in [-0.2, 0) is 4.84 Å². The number of carbonyl (C=O) groups excluding carboxylic acids is 2. The highest BCUT2D eigenvalue weighted by molar-refractivity contribution is 5.95. The summed E-state index contributed by atoms with van der Waals surface area (Å²) in [5.74, 6) is -1.74. The molecule has 3 N–H and O–H groups in total. The minimum absolute atomic E-state index is 0.00700. The largest absolute Gasteiger partial charge is 0.508 e. The predicted octanol–water partition coefficient (Wildman–Crippen LogP) is 4.51. The molecule has 29 heavy (non-hydrogen) atoms. The number of nitrogens with zero attached hydrogens (tertiary/aromatic N) is 2. The quantitative estimate of drug-likeness (QED) is 0.434. The number of amides is 1. The summed E-state index contributed by atoms with van der Waals surface area (Å²) in [5, 5.41) is 26.2. The molecule has 8 nitrogen and oxygen atoms in total. The third kappa shape index (κ3) is 5.39. The Bertz CT molecular complexity index is 1040. The van der Waals surface area contributed by atoms with Gasteiger partial charge in [-0.3, -0.25) is 4.79 Å². The molecule has 0 aliphatic heterocycles. The number of azo groups is 1. The third-order valence-electron chi connectivity index (χ3n) is 3.82. The van der Waals surface area contributed by atoms with Gasteiger partial charge in [-0.2, -0.15) is 0 Å². The second-order valence-electron chi connectivity index (χ2n) is 6.15. The molecule has 3 aromatic carbocycles. The van der Waals surface area contributed by atoms with Crippen LogP contribution in [0, 0.1) is 6.92 Å². The normalized spacial score (nSPS) is 10.7. The van der Waals surface area contributed by atoms with Crippen LogP contribution in [0.3, 0.4) is 0 Å². The van der Waals surface area contributed by atoms with Crippen LogP contribution in [0.25, 0.3) is 0 Å². The molecule has 146 valence electrons. The lowest BCUT2D eigenvalue weighted by atomic mass is 10.2. The molecule has 3 rings (SSSR count). The van der Waals surface area contributed by atoms with Gasteiger partial charge in [0.1, 0.15) is 11.5 Å². The van der Waals surface area contributed by atoms with Gasteiger partial charge in [0.2, 0.25) is 0 Å². The summed E-state index contributed by atoms with van der Waals surface area (Å²) in [6.45, 7) is 1.92. The van der Waals surface area contributed by atoms with Crippen LogP contribution in [0.2, 0.25) is 0 Å². The lowest BCUT2D eigenvalue weighted by Gasteiger charge is -2.07. The van der Waals surface area contributed by atoms with Gasteiger partial charge in [-0.05, 0) is 55.5 Å². The van der Waals surface area contributed by atoms with E-state index in [1.54, 1.807) is 36.4 Å². The Balaban J connectivity index is 1.58. The number of hydrogen-bond donors (Lipinski definition) is 3. The molecule has 1 amide bonds. The number of aromatic hydroxyl groups is 2. The monoisotopic (exact) mass is 391 g/mol. The van der Waals surface area contributed by atoms with E-state index >= 15 is 0 Å². The lowest BCUT2D eigenvalue weighted by molar-refractivity contribution is 0.0596. The maximum atomic E-state index is 12.0. The topological polar surface area (TPSA) is 121 Å². The van der Waals surface area contributed by atoms with Gasteiger partial charge in [-0.25, -0.2) is 10.3 Å². The lowest BCUT2D eigenvalue weighted by Crippen LogP contribution is -2.10. The Morgan fingerprint density at radius 2 is 1.48 bits per heavy atom. The van der Waals surface area contributed by atoms with Crippen molar-refractivity contribution in [3.05, 3.63) is 83.4 Å². The van der Waals surface area contributed by atoms with Crippen LogP contribution in [0.5, 0.6) is 11.5 Å². The van der Waals surface area contributed by atoms with Crippen molar-refractivity contribution in [3.63, 3.8) is 0 Å². The summed E-state index contributed by atoms with van der Waals surface area (Å²) in [6, 6.07) is 16.8. The summed E-state index contributed by atoms with van der Waals surface area (Å²) in [5.41, 5.74) is 4.91. The van der Waals surface area contributed by atoms with Crippen molar-refractivity contribution in [3.8, 4) is 11.5 Å². The van der Waals surface area contributed by atoms with Gasteiger partial charge in [-0.1, -0.05) is 17.7 Å². The van der Waals surface area contributed by atoms with E-state index in [0.717, 1.165) is 11.6 Å². The van der Waals surface area contributed by atoms with Gasteiger partial charge in [0.05, 0.1) is 22.5 Å². The molecule has 0 aromatic heterocycles. The number of phenols is 2. The highest BCUT2D eigenvalue weighted by Crippen LogP contribution is 2.22. The van der Waals surface area contributed by atoms with Crippen molar-refractivity contribution in [1.82, 2.24) is 0 Å². The summed E-state index contributed by atoms with van der Waals surface area (Å²) in [7, 11) is 0. The number of hydrogen-bond acceptors (Lipinski definition) is 7. The van der Waals surface area contributed by atoms with E-state index in [-0.39, 0.29) is 17.1 Å². The molecule has 3 aromatic rings. The minimum Gasteiger partial charge on any atom is -0.508 e. The van der Waals surface area contributed by atoms with Gasteiger partial charge in [-0.15, -0.1) is 10.2 Å². The van der Waals surface area contributed by atoms with Crippen molar-refractivity contribution < 1.29 is 24.6 Å². The Morgan fingerprint density at radius 3 is 2.10 bits per heavy atom. The second kappa shape index (κ2) is 8.66. The van der Waals surface area contributed by atoms with E-state index in [1.165, 1.54) is 12.1 Å². The number of aryl methyl sites for hydroxylation is 1. The molecular weight excluding hydrogens is 374 g/mol. The zero-order valence-electron chi connectivity index (χ0n) is 15.4. The standard InChI is InChI=1S/C21H17N3O5/c1-13-2-4-14(5-3-13)21(28)29-24-17-8-6-16(7-9-17)22-23-20(27)15-10-18(25)12-19(26)11-15/h2-12,24-26H,1H3. The SMILES string of the molecule is Cc1ccc(C(=O)ONc2ccc(N=NC(=O)c3cc(O)cc(O)c3)cc2)cc1. The average Bonchev–Trinajstić information content (AvgIpc) is 2.70. The number of benzene rings is 3. The molecule has 0 radical (unpaired) electrons. The Labute approximate surface area is 166 Å². The third-order valence-corrected chi connectivity index (χ3v) is 3.82. The number of anilines is 1. The van der Waals surface area contributed by atoms with Gasteiger partial charge in [0, 0.05) is 6.07 Å². The first-order valence-corrected chi connectivity index (χ1v) is 8.54. The molecule has 0 bridgehead atoms. The number of rotatable bonds is 5. The molecule has 0 spiro atoms. The summed E-state index contributed by atoms with van der Waals surface area (Å²) < 4.78 is 0. The van der Waals surface area contributed by atoms with Crippen LogP contribution >= 0.6 is 0 Å². The fourth-order valence-corrected chi connectivity index (χ4v) is 2.33. The van der Waals surface area contributed by atoms with Crippen LogP contribution in [0.4, 0.5) is 11.4 Å². The maximum absolute atomic E-state index is 12.0. The molecule has 0 heterocycles. The van der Waals surface area contributed by atoms with Gasteiger partial charge in [0.25, 0.3) is 5.91 Å².